The molecule has 0 fully saturated rings. The molecule has 1 aromatic rings. The monoisotopic (exact) mass is 239 g/mol. The zero-order valence-electron chi connectivity index (χ0n) is 9.76. The van der Waals surface area contributed by atoms with Crippen molar-refractivity contribution in [3.8, 4) is 0 Å². The molecular weight excluding hydrogens is 222 g/mol. The van der Waals surface area contributed by atoms with E-state index in [0.29, 0.717) is 31.1 Å². The highest BCUT2D eigenvalue weighted by atomic mass is 16.5. The quantitative estimate of drug-likeness (QED) is 0.425. The first kappa shape index (κ1) is 13.3. The first-order valence-corrected chi connectivity index (χ1v) is 5.19. The van der Waals surface area contributed by atoms with Crippen molar-refractivity contribution in [2.75, 3.05) is 38.3 Å². The normalized spacial score (nSPS) is 10.2. The number of methoxy groups -OCH3 is 1. The zero-order chi connectivity index (χ0) is 12.7. The summed E-state index contributed by atoms with van der Waals surface area (Å²) in [6.45, 7) is 1.46. The van der Waals surface area contributed by atoms with Crippen LogP contribution in [-0.2, 0) is 4.74 Å². The number of hydrogen-bond acceptors (Lipinski definition) is 6. The summed E-state index contributed by atoms with van der Waals surface area (Å²) in [7, 11) is 1.60. The van der Waals surface area contributed by atoms with Crippen molar-refractivity contribution in [3.63, 3.8) is 0 Å². The number of aromatic nitrogens is 2. The second-order valence-corrected chi connectivity index (χ2v) is 3.38. The van der Waals surface area contributed by atoms with E-state index in [0.717, 1.165) is 0 Å². The minimum Gasteiger partial charge on any atom is -0.395 e. The molecule has 0 aliphatic carbocycles. The molecular formula is C10H17N5O2. The van der Waals surface area contributed by atoms with Crippen molar-refractivity contribution in [1.29, 1.82) is 5.41 Å². The summed E-state index contributed by atoms with van der Waals surface area (Å²) >= 11 is 0. The highest BCUT2D eigenvalue weighted by Crippen LogP contribution is 2.14. The molecule has 0 amide bonds. The Morgan fingerprint density at radius 3 is 2.94 bits per heavy atom. The Hall–Kier alpha value is -1.73. The molecule has 1 rings (SSSR count). The van der Waals surface area contributed by atoms with Crippen molar-refractivity contribution in [1.82, 2.24) is 9.97 Å². The molecule has 4 N–H and O–H groups in total. The molecule has 0 aromatic carbocycles. The van der Waals surface area contributed by atoms with E-state index in [1.54, 1.807) is 7.11 Å². The average molecular weight is 239 g/mol. The van der Waals surface area contributed by atoms with Gasteiger partial charge >= 0.3 is 0 Å². The van der Waals surface area contributed by atoms with Crippen molar-refractivity contribution in [3.05, 3.63) is 18.1 Å². The molecule has 0 aliphatic rings. The lowest BCUT2D eigenvalue weighted by Gasteiger charge is -2.24. The third kappa shape index (κ3) is 3.65. The number of nitrogens with zero attached hydrogens (tertiary/aromatic N) is 3. The lowest BCUT2D eigenvalue weighted by molar-refractivity contribution is 0.202. The Kier molecular flexibility index (Phi) is 5.31. The third-order valence-electron chi connectivity index (χ3n) is 2.22. The Bertz CT molecular complexity index is 371. The summed E-state index contributed by atoms with van der Waals surface area (Å²) < 4.78 is 4.99. The fourth-order valence-electron chi connectivity index (χ4n) is 1.41. The molecule has 0 unspecified atom stereocenters. The van der Waals surface area contributed by atoms with Crippen LogP contribution < -0.4 is 10.6 Å². The van der Waals surface area contributed by atoms with E-state index in [1.165, 1.54) is 12.5 Å². The highest BCUT2D eigenvalue weighted by Gasteiger charge is 2.14. The molecule has 1 heterocycles. The fraction of sp³-hybridized carbons (Fsp3) is 0.500. The van der Waals surface area contributed by atoms with Gasteiger partial charge in [0, 0.05) is 26.4 Å². The van der Waals surface area contributed by atoms with Gasteiger partial charge in [-0.2, -0.15) is 0 Å². The summed E-state index contributed by atoms with van der Waals surface area (Å²) in [4.78, 5) is 9.74. The molecule has 7 heteroatoms. The van der Waals surface area contributed by atoms with Crippen LogP contribution in [0.3, 0.4) is 0 Å². The molecule has 94 valence electrons. The van der Waals surface area contributed by atoms with Crippen LogP contribution in [-0.4, -0.2) is 54.3 Å². The number of rotatable bonds is 7. The lowest BCUT2D eigenvalue weighted by atomic mass is 10.2. The second kappa shape index (κ2) is 6.77. The van der Waals surface area contributed by atoms with E-state index in [-0.39, 0.29) is 12.4 Å². The number of hydrogen-bond donors (Lipinski definition) is 3. The van der Waals surface area contributed by atoms with Crippen molar-refractivity contribution in [2.45, 2.75) is 0 Å². The van der Waals surface area contributed by atoms with E-state index in [4.69, 9.17) is 21.0 Å². The van der Waals surface area contributed by atoms with Crippen LogP contribution in [0.4, 0.5) is 5.82 Å². The van der Waals surface area contributed by atoms with Gasteiger partial charge < -0.3 is 20.5 Å². The van der Waals surface area contributed by atoms with Gasteiger partial charge in [-0.15, -0.1) is 0 Å². The molecule has 0 radical (unpaired) electrons. The second-order valence-electron chi connectivity index (χ2n) is 3.38. The summed E-state index contributed by atoms with van der Waals surface area (Å²) in [5.74, 6) is 0.444. The van der Waals surface area contributed by atoms with E-state index in [9.17, 15) is 0 Å². The zero-order valence-corrected chi connectivity index (χ0v) is 9.76. The topological polar surface area (TPSA) is 108 Å². The van der Waals surface area contributed by atoms with Crippen LogP contribution in [0.15, 0.2) is 12.5 Å². The van der Waals surface area contributed by atoms with Gasteiger partial charge in [-0.3, -0.25) is 5.41 Å². The first-order valence-electron chi connectivity index (χ1n) is 5.19. The number of ether oxygens (including phenoxy) is 1. The number of aliphatic hydroxyl groups is 1. The van der Waals surface area contributed by atoms with Crippen LogP contribution in [0.2, 0.25) is 0 Å². The predicted octanol–water partition coefficient (Wildman–Crippen LogP) is -0.794. The highest BCUT2D eigenvalue weighted by molar-refractivity contribution is 5.99. The van der Waals surface area contributed by atoms with Crippen molar-refractivity contribution < 1.29 is 9.84 Å². The van der Waals surface area contributed by atoms with Gasteiger partial charge in [-0.1, -0.05) is 0 Å². The van der Waals surface area contributed by atoms with E-state index in [2.05, 4.69) is 9.97 Å². The number of nitrogens with two attached hydrogens (primary N) is 1. The third-order valence-corrected chi connectivity index (χ3v) is 2.22. The Morgan fingerprint density at radius 2 is 2.35 bits per heavy atom. The average Bonchev–Trinajstić information content (AvgIpc) is 2.34. The van der Waals surface area contributed by atoms with Crippen LogP contribution in [0.5, 0.6) is 0 Å². The minimum absolute atomic E-state index is 0.00887. The maximum atomic E-state index is 9.02. The van der Waals surface area contributed by atoms with Gasteiger partial charge in [0.1, 0.15) is 18.0 Å². The number of anilines is 1. The SMILES string of the molecule is COCCN(CCO)c1ncncc1C(=N)N. The maximum absolute atomic E-state index is 9.02. The molecule has 17 heavy (non-hydrogen) atoms. The smallest absolute Gasteiger partial charge is 0.143 e. The van der Waals surface area contributed by atoms with Gasteiger partial charge in [0.2, 0.25) is 0 Å². The number of amidine groups is 1. The summed E-state index contributed by atoms with van der Waals surface area (Å²) in [5, 5.41) is 16.5. The lowest BCUT2D eigenvalue weighted by Crippen LogP contribution is -2.33. The van der Waals surface area contributed by atoms with Gasteiger partial charge in [-0.05, 0) is 0 Å². The molecule has 0 bridgehead atoms. The van der Waals surface area contributed by atoms with E-state index in [1.807, 2.05) is 4.90 Å². The van der Waals surface area contributed by atoms with Crippen molar-refractivity contribution in [2.24, 2.45) is 5.73 Å². The Labute approximate surface area is 99.8 Å². The minimum atomic E-state index is -0.0963. The number of nitrogen functional groups attached to an aromatic ring is 1. The molecule has 1 aromatic heterocycles. The van der Waals surface area contributed by atoms with Gasteiger partial charge in [-0.25, -0.2) is 9.97 Å². The molecule has 0 saturated carbocycles. The molecule has 7 nitrogen and oxygen atoms in total. The maximum Gasteiger partial charge on any atom is 0.143 e. The Balaban J connectivity index is 2.95. The summed E-state index contributed by atoms with van der Waals surface area (Å²) in [6.07, 6.45) is 2.88. The van der Waals surface area contributed by atoms with Gasteiger partial charge in [0.15, 0.2) is 0 Å². The fourth-order valence-corrected chi connectivity index (χ4v) is 1.41. The largest absolute Gasteiger partial charge is 0.395 e. The first-order chi connectivity index (χ1) is 8.20. The number of aliphatic hydroxyl groups excluding tert-OH is 1. The molecule has 0 spiro atoms. The summed E-state index contributed by atoms with van der Waals surface area (Å²) in [6, 6.07) is 0. The molecule has 0 saturated heterocycles. The van der Waals surface area contributed by atoms with Crippen LogP contribution >= 0.6 is 0 Å². The van der Waals surface area contributed by atoms with Gasteiger partial charge in [0.05, 0.1) is 18.8 Å². The Morgan fingerprint density at radius 1 is 1.59 bits per heavy atom. The number of nitrogens with one attached hydrogen (secondary N) is 1. The van der Waals surface area contributed by atoms with Crippen molar-refractivity contribution >= 4 is 11.7 Å². The standard InChI is InChI=1S/C10H17N5O2/c1-17-5-3-15(2-4-16)10-8(9(11)12)6-13-7-14-10/h6-7,16H,2-5H2,1H3,(H3,11,12). The van der Waals surface area contributed by atoms with Crippen LogP contribution in [0, 0.1) is 5.41 Å². The van der Waals surface area contributed by atoms with Gasteiger partial charge in [0.25, 0.3) is 0 Å². The van der Waals surface area contributed by atoms with Crippen LogP contribution in [0.1, 0.15) is 5.56 Å². The van der Waals surface area contributed by atoms with E-state index < -0.39 is 0 Å². The van der Waals surface area contributed by atoms with Crippen LogP contribution in [0.25, 0.3) is 0 Å². The molecule has 0 atom stereocenters. The molecule has 0 aliphatic heterocycles. The predicted molar refractivity (Wildman–Crippen MR) is 64.2 cm³/mol. The van der Waals surface area contributed by atoms with E-state index >= 15 is 0 Å². The summed E-state index contributed by atoms with van der Waals surface area (Å²) in [5.41, 5.74) is 5.92.